The van der Waals surface area contributed by atoms with Crippen molar-refractivity contribution in [2.45, 2.75) is 6.92 Å². The molecule has 1 fully saturated rings. The van der Waals surface area contributed by atoms with Gasteiger partial charge in [0.1, 0.15) is 5.82 Å². The first-order chi connectivity index (χ1) is 10.1. The summed E-state index contributed by atoms with van der Waals surface area (Å²) in [6.07, 6.45) is 0. The molecular formula is C15H20FN5. The first-order valence-corrected chi connectivity index (χ1v) is 7.11. The van der Waals surface area contributed by atoms with Crippen molar-refractivity contribution in [2.24, 2.45) is 7.05 Å². The number of aryl methyl sites for hydroxylation is 2. The van der Waals surface area contributed by atoms with Crippen molar-refractivity contribution in [1.29, 1.82) is 0 Å². The number of nitrogen functional groups attached to an aromatic ring is 1. The van der Waals surface area contributed by atoms with Crippen LogP contribution in [-0.4, -0.2) is 36.0 Å². The number of nitrogens with zero attached hydrogens (tertiary/aromatic N) is 4. The highest BCUT2D eigenvalue weighted by Gasteiger charge is 2.22. The molecule has 0 unspecified atom stereocenters. The zero-order valence-corrected chi connectivity index (χ0v) is 12.4. The second-order valence-electron chi connectivity index (χ2n) is 5.40. The van der Waals surface area contributed by atoms with Crippen LogP contribution >= 0.6 is 0 Å². The van der Waals surface area contributed by atoms with Gasteiger partial charge in [-0.25, -0.2) is 4.39 Å². The maximum atomic E-state index is 13.0. The summed E-state index contributed by atoms with van der Waals surface area (Å²) >= 11 is 0. The van der Waals surface area contributed by atoms with Crippen molar-refractivity contribution >= 4 is 17.2 Å². The van der Waals surface area contributed by atoms with Crippen LogP contribution in [0, 0.1) is 12.7 Å². The molecule has 1 aromatic carbocycles. The maximum absolute atomic E-state index is 13.0. The molecule has 0 bridgehead atoms. The van der Waals surface area contributed by atoms with Gasteiger partial charge in [0.25, 0.3) is 0 Å². The fourth-order valence-electron chi connectivity index (χ4n) is 2.87. The first-order valence-electron chi connectivity index (χ1n) is 7.11. The third-order valence-corrected chi connectivity index (χ3v) is 4.01. The van der Waals surface area contributed by atoms with Crippen LogP contribution in [0.3, 0.4) is 0 Å². The summed E-state index contributed by atoms with van der Waals surface area (Å²) in [6.45, 7) is 5.44. The fraction of sp³-hybridized carbons (Fsp3) is 0.400. The Labute approximate surface area is 123 Å². The molecule has 0 aliphatic carbocycles. The quantitative estimate of drug-likeness (QED) is 0.915. The van der Waals surface area contributed by atoms with Crippen molar-refractivity contribution in [3.63, 3.8) is 0 Å². The van der Waals surface area contributed by atoms with Gasteiger partial charge < -0.3 is 15.5 Å². The molecule has 0 amide bonds. The van der Waals surface area contributed by atoms with Crippen LogP contribution in [0.2, 0.25) is 0 Å². The second-order valence-corrected chi connectivity index (χ2v) is 5.40. The summed E-state index contributed by atoms with van der Waals surface area (Å²) in [5.74, 6) is 0.793. The van der Waals surface area contributed by atoms with E-state index in [9.17, 15) is 4.39 Å². The maximum Gasteiger partial charge on any atom is 0.150 e. The average Bonchev–Trinajstić information content (AvgIpc) is 2.73. The fourth-order valence-corrected chi connectivity index (χ4v) is 2.87. The Hall–Kier alpha value is -2.24. The van der Waals surface area contributed by atoms with E-state index in [-0.39, 0.29) is 5.82 Å². The number of aromatic nitrogens is 2. The van der Waals surface area contributed by atoms with Gasteiger partial charge in [-0.05, 0) is 31.2 Å². The van der Waals surface area contributed by atoms with E-state index in [1.54, 1.807) is 0 Å². The zero-order valence-electron chi connectivity index (χ0n) is 12.4. The molecule has 0 radical (unpaired) electrons. The van der Waals surface area contributed by atoms with Gasteiger partial charge in [0.05, 0.1) is 11.4 Å². The molecule has 1 aliphatic rings. The Morgan fingerprint density at radius 3 is 2.14 bits per heavy atom. The molecule has 0 saturated carbocycles. The summed E-state index contributed by atoms with van der Waals surface area (Å²) in [6, 6.07) is 6.66. The number of anilines is 3. The van der Waals surface area contributed by atoms with Crippen LogP contribution in [0.4, 0.5) is 21.6 Å². The average molecular weight is 289 g/mol. The summed E-state index contributed by atoms with van der Waals surface area (Å²) in [5, 5.41) is 4.37. The van der Waals surface area contributed by atoms with Crippen LogP contribution in [0.25, 0.3) is 0 Å². The molecule has 1 aromatic heterocycles. The van der Waals surface area contributed by atoms with E-state index in [1.807, 2.05) is 30.8 Å². The van der Waals surface area contributed by atoms with Gasteiger partial charge in [-0.15, -0.1) is 0 Å². The Balaban J connectivity index is 1.71. The van der Waals surface area contributed by atoms with Crippen LogP contribution in [0.5, 0.6) is 0 Å². The number of nitrogens with two attached hydrogens (primary N) is 1. The zero-order chi connectivity index (χ0) is 15.0. The largest absolute Gasteiger partial charge is 0.394 e. The number of benzene rings is 1. The van der Waals surface area contributed by atoms with E-state index >= 15 is 0 Å². The number of hydrogen-bond acceptors (Lipinski definition) is 4. The highest BCUT2D eigenvalue weighted by Crippen LogP contribution is 2.27. The van der Waals surface area contributed by atoms with E-state index in [2.05, 4.69) is 14.9 Å². The van der Waals surface area contributed by atoms with Crippen molar-refractivity contribution in [2.75, 3.05) is 41.7 Å². The molecule has 2 aromatic rings. The molecule has 112 valence electrons. The van der Waals surface area contributed by atoms with Crippen LogP contribution in [0.15, 0.2) is 24.3 Å². The van der Waals surface area contributed by atoms with E-state index in [0.717, 1.165) is 49.1 Å². The lowest BCUT2D eigenvalue weighted by Gasteiger charge is -2.37. The third kappa shape index (κ3) is 2.53. The molecule has 21 heavy (non-hydrogen) atoms. The lowest BCUT2D eigenvalue weighted by molar-refractivity contribution is 0.617. The Bertz CT molecular complexity index is 626. The van der Waals surface area contributed by atoms with Crippen molar-refractivity contribution < 1.29 is 4.39 Å². The Kier molecular flexibility index (Phi) is 3.45. The van der Waals surface area contributed by atoms with Crippen molar-refractivity contribution in [1.82, 2.24) is 9.78 Å². The highest BCUT2D eigenvalue weighted by atomic mass is 19.1. The van der Waals surface area contributed by atoms with Gasteiger partial charge in [-0.1, -0.05) is 0 Å². The first kappa shape index (κ1) is 13.7. The summed E-state index contributed by atoms with van der Waals surface area (Å²) in [5.41, 5.74) is 8.80. The van der Waals surface area contributed by atoms with E-state index < -0.39 is 0 Å². The van der Waals surface area contributed by atoms with E-state index in [4.69, 9.17) is 5.73 Å². The lowest BCUT2D eigenvalue weighted by atomic mass is 10.2. The molecule has 0 spiro atoms. The minimum Gasteiger partial charge on any atom is -0.394 e. The molecule has 2 heterocycles. The van der Waals surface area contributed by atoms with Gasteiger partial charge in [0.15, 0.2) is 5.82 Å². The molecule has 6 heteroatoms. The predicted molar refractivity (Wildman–Crippen MR) is 83.2 cm³/mol. The molecule has 1 aliphatic heterocycles. The normalized spacial score (nSPS) is 15.6. The van der Waals surface area contributed by atoms with Crippen LogP contribution < -0.4 is 15.5 Å². The summed E-state index contributed by atoms with van der Waals surface area (Å²) in [7, 11) is 1.92. The Morgan fingerprint density at radius 1 is 1.05 bits per heavy atom. The molecule has 2 N–H and O–H groups in total. The van der Waals surface area contributed by atoms with Crippen LogP contribution in [0.1, 0.15) is 5.69 Å². The van der Waals surface area contributed by atoms with Gasteiger partial charge in [-0.2, -0.15) is 5.10 Å². The minimum absolute atomic E-state index is 0.199. The van der Waals surface area contributed by atoms with Gasteiger partial charge >= 0.3 is 0 Å². The van der Waals surface area contributed by atoms with E-state index in [0.29, 0.717) is 0 Å². The second kappa shape index (κ2) is 5.27. The van der Waals surface area contributed by atoms with Crippen molar-refractivity contribution in [3.8, 4) is 0 Å². The third-order valence-electron chi connectivity index (χ3n) is 4.01. The molecule has 5 nitrogen and oxygen atoms in total. The number of rotatable bonds is 2. The monoisotopic (exact) mass is 289 g/mol. The van der Waals surface area contributed by atoms with E-state index in [1.165, 1.54) is 12.1 Å². The van der Waals surface area contributed by atoms with Gasteiger partial charge in [0.2, 0.25) is 0 Å². The van der Waals surface area contributed by atoms with Crippen molar-refractivity contribution in [3.05, 3.63) is 35.8 Å². The summed E-state index contributed by atoms with van der Waals surface area (Å²) in [4.78, 5) is 4.52. The molecule has 1 saturated heterocycles. The van der Waals surface area contributed by atoms with Gasteiger partial charge in [-0.3, -0.25) is 4.68 Å². The highest BCUT2D eigenvalue weighted by molar-refractivity contribution is 5.66. The Morgan fingerprint density at radius 2 is 1.62 bits per heavy atom. The lowest BCUT2D eigenvalue weighted by Crippen LogP contribution is -2.47. The number of piperazine rings is 1. The molecule has 3 rings (SSSR count). The SMILES string of the molecule is Cc1nn(C)c(N2CCN(c3ccc(F)cc3)CC2)c1N. The standard InChI is InChI=1S/C15H20FN5/c1-11-14(17)15(19(2)18-11)21-9-7-20(8-10-21)13-5-3-12(16)4-6-13/h3-6H,7-10,17H2,1-2H3. The number of hydrogen-bond donors (Lipinski definition) is 1. The number of halogens is 1. The smallest absolute Gasteiger partial charge is 0.150 e. The predicted octanol–water partition coefficient (Wildman–Crippen LogP) is 1.78. The summed E-state index contributed by atoms with van der Waals surface area (Å²) < 4.78 is 14.8. The molecular weight excluding hydrogens is 269 g/mol. The van der Waals surface area contributed by atoms with Gasteiger partial charge in [0, 0.05) is 38.9 Å². The van der Waals surface area contributed by atoms with Crippen LogP contribution in [-0.2, 0) is 7.05 Å². The molecule has 0 atom stereocenters. The topological polar surface area (TPSA) is 50.3 Å². The minimum atomic E-state index is -0.199.